The summed E-state index contributed by atoms with van der Waals surface area (Å²) in [6.45, 7) is 4.96. The molecule has 0 fully saturated rings. The minimum Gasteiger partial charge on any atom is -0.366 e. The van der Waals surface area contributed by atoms with Crippen LogP contribution in [0.3, 0.4) is 0 Å². The molecule has 0 bridgehead atoms. The molecule has 0 aliphatic rings. The van der Waals surface area contributed by atoms with Crippen molar-refractivity contribution in [3.8, 4) is 0 Å². The van der Waals surface area contributed by atoms with Crippen LogP contribution in [0, 0.1) is 5.92 Å². The van der Waals surface area contributed by atoms with Crippen molar-refractivity contribution in [2.75, 3.05) is 13.6 Å². The molecule has 2 unspecified atom stereocenters. The SMILES string of the molecule is CCC(C(C)CNC(=S)NC)n1c(=O)[nH]c2ccccc21. The number of aromatic nitrogens is 2. The van der Waals surface area contributed by atoms with Gasteiger partial charge in [0, 0.05) is 19.6 Å². The number of aromatic amines is 1. The highest BCUT2D eigenvalue weighted by atomic mass is 32.1. The van der Waals surface area contributed by atoms with Crippen molar-refractivity contribution >= 4 is 28.4 Å². The first kappa shape index (κ1) is 15.6. The number of hydrogen-bond acceptors (Lipinski definition) is 2. The van der Waals surface area contributed by atoms with Gasteiger partial charge in [-0.1, -0.05) is 26.0 Å². The molecule has 2 aromatic rings. The van der Waals surface area contributed by atoms with E-state index < -0.39 is 0 Å². The van der Waals surface area contributed by atoms with E-state index in [9.17, 15) is 4.79 Å². The van der Waals surface area contributed by atoms with Crippen LogP contribution in [0.25, 0.3) is 11.0 Å². The Morgan fingerprint density at radius 2 is 2.14 bits per heavy atom. The minimum absolute atomic E-state index is 0.0499. The highest BCUT2D eigenvalue weighted by Gasteiger charge is 2.21. The van der Waals surface area contributed by atoms with E-state index in [1.807, 2.05) is 28.8 Å². The molecule has 1 aromatic heterocycles. The van der Waals surface area contributed by atoms with Gasteiger partial charge in [0.1, 0.15) is 0 Å². The summed E-state index contributed by atoms with van der Waals surface area (Å²) in [6, 6.07) is 7.92. The van der Waals surface area contributed by atoms with Crippen LogP contribution < -0.4 is 16.3 Å². The number of nitrogens with one attached hydrogen (secondary N) is 3. The largest absolute Gasteiger partial charge is 0.366 e. The Hall–Kier alpha value is -1.82. The van der Waals surface area contributed by atoms with Gasteiger partial charge in [0.2, 0.25) is 0 Å². The van der Waals surface area contributed by atoms with Crippen molar-refractivity contribution < 1.29 is 0 Å². The summed E-state index contributed by atoms with van der Waals surface area (Å²) >= 11 is 5.10. The Morgan fingerprint density at radius 1 is 1.43 bits per heavy atom. The summed E-state index contributed by atoms with van der Waals surface area (Å²) < 4.78 is 1.87. The number of rotatable bonds is 5. The maximum Gasteiger partial charge on any atom is 0.326 e. The molecule has 2 atom stereocenters. The maximum absolute atomic E-state index is 12.3. The number of benzene rings is 1. The lowest BCUT2D eigenvalue weighted by atomic mass is 9.99. The van der Waals surface area contributed by atoms with Crippen LogP contribution in [0.15, 0.2) is 29.1 Å². The van der Waals surface area contributed by atoms with Gasteiger partial charge in [-0.3, -0.25) is 4.57 Å². The van der Waals surface area contributed by atoms with Gasteiger partial charge in [-0.15, -0.1) is 0 Å². The zero-order chi connectivity index (χ0) is 15.4. The second-order valence-electron chi connectivity index (χ2n) is 5.23. The number of nitrogens with zero attached hydrogens (tertiary/aromatic N) is 1. The Morgan fingerprint density at radius 3 is 2.81 bits per heavy atom. The molecular weight excluding hydrogens is 284 g/mol. The van der Waals surface area contributed by atoms with Gasteiger partial charge < -0.3 is 15.6 Å². The fraction of sp³-hybridized carbons (Fsp3) is 0.467. The van der Waals surface area contributed by atoms with Crippen LogP contribution in [0.4, 0.5) is 0 Å². The molecular formula is C15H22N4OS. The average molecular weight is 306 g/mol. The summed E-state index contributed by atoms with van der Waals surface area (Å²) in [4.78, 5) is 15.2. The third-order valence-electron chi connectivity index (χ3n) is 3.84. The zero-order valence-corrected chi connectivity index (χ0v) is 13.5. The predicted octanol–water partition coefficient (Wildman–Crippen LogP) is 2.01. The first-order chi connectivity index (χ1) is 10.1. The van der Waals surface area contributed by atoms with E-state index >= 15 is 0 Å². The van der Waals surface area contributed by atoms with Gasteiger partial charge in [0.15, 0.2) is 5.11 Å². The molecule has 5 nitrogen and oxygen atoms in total. The molecule has 0 aliphatic carbocycles. The standard InChI is InChI=1S/C15H22N4OS/c1-4-12(10(2)9-17-14(21)16-3)19-13-8-6-5-7-11(13)18-15(19)20/h5-8,10,12H,4,9H2,1-3H3,(H,18,20)(H2,16,17,21). The second-order valence-corrected chi connectivity index (χ2v) is 5.64. The van der Waals surface area contributed by atoms with E-state index in [1.54, 1.807) is 7.05 Å². The van der Waals surface area contributed by atoms with E-state index in [4.69, 9.17) is 12.2 Å². The van der Waals surface area contributed by atoms with Crippen molar-refractivity contribution in [2.24, 2.45) is 5.92 Å². The molecule has 0 amide bonds. The molecule has 21 heavy (non-hydrogen) atoms. The van der Waals surface area contributed by atoms with Crippen LogP contribution in [0.2, 0.25) is 0 Å². The number of hydrogen-bond donors (Lipinski definition) is 3. The quantitative estimate of drug-likeness (QED) is 0.740. The molecule has 0 aliphatic heterocycles. The van der Waals surface area contributed by atoms with Crippen LogP contribution in [-0.2, 0) is 0 Å². The number of para-hydroxylation sites is 2. The van der Waals surface area contributed by atoms with Gasteiger partial charge in [0.05, 0.1) is 11.0 Å². The Kier molecular flexibility index (Phi) is 5.01. The normalized spacial score (nSPS) is 13.9. The van der Waals surface area contributed by atoms with E-state index in [-0.39, 0.29) is 17.6 Å². The summed E-state index contributed by atoms with van der Waals surface area (Å²) in [7, 11) is 1.79. The van der Waals surface area contributed by atoms with E-state index in [2.05, 4.69) is 29.5 Å². The molecule has 2 rings (SSSR count). The molecule has 114 valence electrons. The van der Waals surface area contributed by atoms with E-state index in [0.29, 0.717) is 5.11 Å². The van der Waals surface area contributed by atoms with Gasteiger partial charge >= 0.3 is 5.69 Å². The summed E-state index contributed by atoms with van der Waals surface area (Å²) in [5.41, 5.74) is 1.79. The highest BCUT2D eigenvalue weighted by Crippen LogP contribution is 2.24. The molecule has 0 saturated carbocycles. The van der Waals surface area contributed by atoms with Crippen molar-refractivity contribution in [3.63, 3.8) is 0 Å². The minimum atomic E-state index is -0.0499. The van der Waals surface area contributed by atoms with Crippen molar-refractivity contribution in [1.29, 1.82) is 0 Å². The number of H-pyrrole nitrogens is 1. The van der Waals surface area contributed by atoms with Gasteiger partial charge in [-0.25, -0.2) is 4.79 Å². The van der Waals surface area contributed by atoms with Crippen molar-refractivity contribution in [1.82, 2.24) is 20.2 Å². The molecule has 0 radical (unpaired) electrons. The van der Waals surface area contributed by atoms with E-state index in [1.165, 1.54) is 0 Å². The topological polar surface area (TPSA) is 61.9 Å². The third kappa shape index (κ3) is 3.26. The molecule has 1 aromatic carbocycles. The zero-order valence-electron chi connectivity index (χ0n) is 12.6. The third-order valence-corrected chi connectivity index (χ3v) is 4.19. The summed E-state index contributed by atoms with van der Waals surface area (Å²) in [6.07, 6.45) is 0.886. The molecule has 0 saturated heterocycles. The van der Waals surface area contributed by atoms with Crippen molar-refractivity contribution in [2.45, 2.75) is 26.3 Å². The Balaban J connectivity index is 2.29. The second kappa shape index (κ2) is 6.76. The first-order valence-electron chi connectivity index (χ1n) is 7.23. The van der Waals surface area contributed by atoms with Crippen LogP contribution in [0.5, 0.6) is 0 Å². The first-order valence-corrected chi connectivity index (χ1v) is 7.64. The lowest BCUT2D eigenvalue weighted by Gasteiger charge is -2.25. The van der Waals surface area contributed by atoms with Gasteiger partial charge in [0.25, 0.3) is 0 Å². The number of fused-ring (bicyclic) bond motifs is 1. The highest BCUT2D eigenvalue weighted by molar-refractivity contribution is 7.80. The molecule has 0 spiro atoms. The lowest BCUT2D eigenvalue weighted by molar-refractivity contribution is 0.341. The number of imidazole rings is 1. The van der Waals surface area contributed by atoms with E-state index in [0.717, 1.165) is 24.0 Å². The van der Waals surface area contributed by atoms with Crippen molar-refractivity contribution in [3.05, 3.63) is 34.7 Å². The van der Waals surface area contributed by atoms with Crippen LogP contribution in [0.1, 0.15) is 26.3 Å². The Labute approximate surface area is 129 Å². The van der Waals surface area contributed by atoms with Crippen LogP contribution in [-0.4, -0.2) is 28.3 Å². The molecule has 3 N–H and O–H groups in total. The Bertz CT molecular complexity index is 676. The molecule has 6 heteroatoms. The summed E-state index contributed by atoms with van der Waals surface area (Å²) in [5, 5.41) is 6.70. The van der Waals surface area contributed by atoms with Gasteiger partial charge in [-0.05, 0) is 36.7 Å². The average Bonchev–Trinajstić information content (AvgIpc) is 2.82. The monoisotopic (exact) mass is 306 g/mol. The molecule has 1 heterocycles. The predicted molar refractivity (Wildman–Crippen MR) is 90.7 cm³/mol. The summed E-state index contributed by atoms with van der Waals surface area (Å²) in [5.74, 6) is 0.276. The maximum atomic E-state index is 12.3. The fourth-order valence-corrected chi connectivity index (χ4v) is 2.80. The van der Waals surface area contributed by atoms with Crippen LogP contribution >= 0.6 is 12.2 Å². The fourth-order valence-electron chi connectivity index (χ4n) is 2.72. The number of thiocarbonyl (C=S) groups is 1. The lowest BCUT2D eigenvalue weighted by Crippen LogP contribution is -2.38. The van der Waals surface area contributed by atoms with Gasteiger partial charge in [-0.2, -0.15) is 0 Å². The smallest absolute Gasteiger partial charge is 0.326 e.